The van der Waals surface area contributed by atoms with Crippen LogP contribution in [-0.2, 0) is 7.05 Å². The largest absolute Gasteiger partial charge is 0.336 e. The molecular formula is C9H16N4O. The molecular weight excluding hydrogens is 180 g/mol. The first-order valence-corrected chi connectivity index (χ1v) is 4.68. The molecule has 0 saturated carbocycles. The molecule has 0 aliphatic heterocycles. The van der Waals surface area contributed by atoms with Crippen molar-refractivity contribution in [2.75, 3.05) is 19.6 Å². The van der Waals surface area contributed by atoms with Crippen molar-refractivity contribution in [1.29, 1.82) is 0 Å². The number of aryl methyl sites for hydroxylation is 1. The molecule has 0 saturated heterocycles. The number of hydrogen-bond donors (Lipinski definition) is 1. The second-order valence-electron chi connectivity index (χ2n) is 3.05. The van der Waals surface area contributed by atoms with Crippen LogP contribution in [0.2, 0.25) is 0 Å². The molecule has 0 aliphatic rings. The van der Waals surface area contributed by atoms with Crippen molar-refractivity contribution < 1.29 is 4.79 Å². The van der Waals surface area contributed by atoms with E-state index >= 15 is 0 Å². The van der Waals surface area contributed by atoms with Gasteiger partial charge in [-0.1, -0.05) is 0 Å². The first-order chi connectivity index (χ1) is 6.69. The van der Waals surface area contributed by atoms with E-state index in [1.807, 2.05) is 6.92 Å². The fourth-order valence-electron chi connectivity index (χ4n) is 1.25. The number of nitrogens with two attached hydrogens (primary N) is 1. The van der Waals surface area contributed by atoms with Crippen LogP contribution in [0, 0.1) is 0 Å². The molecule has 0 radical (unpaired) electrons. The highest BCUT2D eigenvalue weighted by molar-refractivity contribution is 5.92. The number of amides is 1. The van der Waals surface area contributed by atoms with Gasteiger partial charge >= 0.3 is 0 Å². The zero-order chi connectivity index (χ0) is 10.6. The molecule has 78 valence electrons. The molecule has 5 nitrogen and oxygen atoms in total. The van der Waals surface area contributed by atoms with E-state index in [-0.39, 0.29) is 5.91 Å². The molecule has 1 heterocycles. The van der Waals surface area contributed by atoms with Crippen LogP contribution in [0.5, 0.6) is 0 Å². The number of carbonyl (C=O) groups excluding carboxylic acids is 1. The minimum absolute atomic E-state index is 0.0569. The molecule has 0 bridgehead atoms. The van der Waals surface area contributed by atoms with E-state index in [0.29, 0.717) is 25.3 Å². The van der Waals surface area contributed by atoms with E-state index in [2.05, 4.69) is 5.10 Å². The second kappa shape index (κ2) is 4.76. The SMILES string of the molecule is CCN(CCN)C(=O)c1ccn(C)n1. The van der Waals surface area contributed by atoms with Gasteiger partial charge in [0.1, 0.15) is 5.69 Å². The Hall–Kier alpha value is -1.36. The summed E-state index contributed by atoms with van der Waals surface area (Å²) in [7, 11) is 1.79. The molecule has 1 aromatic rings. The number of hydrogen-bond acceptors (Lipinski definition) is 3. The van der Waals surface area contributed by atoms with E-state index in [1.54, 1.807) is 28.9 Å². The molecule has 1 amide bonds. The van der Waals surface area contributed by atoms with Gasteiger partial charge in [0, 0.05) is 32.9 Å². The third-order valence-corrected chi connectivity index (χ3v) is 2.00. The lowest BCUT2D eigenvalue weighted by Crippen LogP contribution is -2.35. The summed E-state index contributed by atoms with van der Waals surface area (Å²) in [6.45, 7) is 3.64. The third kappa shape index (κ3) is 2.32. The van der Waals surface area contributed by atoms with Crippen molar-refractivity contribution in [3.63, 3.8) is 0 Å². The number of carbonyl (C=O) groups is 1. The summed E-state index contributed by atoms with van der Waals surface area (Å²) >= 11 is 0. The smallest absolute Gasteiger partial charge is 0.274 e. The molecule has 1 rings (SSSR count). The van der Waals surface area contributed by atoms with Crippen molar-refractivity contribution in [2.24, 2.45) is 12.8 Å². The van der Waals surface area contributed by atoms with Crippen LogP contribution in [0.15, 0.2) is 12.3 Å². The molecule has 14 heavy (non-hydrogen) atoms. The number of likely N-dealkylation sites (N-methyl/N-ethyl adjacent to an activating group) is 1. The van der Waals surface area contributed by atoms with Gasteiger partial charge in [0.25, 0.3) is 5.91 Å². The average Bonchev–Trinajstić information content (AvgIpc) is 2.60. The summed E-state index contributed by atoms with van der Waals surface area (Å²) in [6.07, 6.45) is 1.75. The van der Waals surface area contributed by atoms with E-state index < -0.39 is 0 Å². The van der Waals surface area contributed by atoms with E-state index in [0.717, 1.165) is 0 Å². The molecule has 0 aliphatic carbocycles. The van der Waals surface area contributed by atoms with Gasteiger partial charge < -0.3 is 10.6 Å². The highest BCUT2D eigenvalue weighted by Gasteiger charge is 2.15. The first kappa shape index (κ1) is 10.7. The van der Waals surface area contributed by atoms with Crippen molar-refractivity contribution >= 4 is 5.91 Å². The minimum Gasteiger partial charge on any atom is -0.336 e. The van der Waals surface area contributed by atoms with Crippen molar-refractivity contribution in [3.8, 4) is 0 Å². The molecule has 0 unspecified atom stereocenters. The van der Waals surface area contributed by atoms with Gasteiger partial charge in [-0.3, -0.25) is 9.48 Å². The van der Waals surface area contributed by atoms with Crippen LogP contribution in [0.3, 0.4) is 0 Å². The predicted molar refractivity (Wildman–Crippen MR) is 53.8 cm³/mol. The maximum atomic E-state index is 11.8. The summed E-state index contributed by atoms with van der Waals surface area (Å²) in [6, 6.07) is 1.71. The zero-order valence-corrected chi connectivity index (χ0v) is 8.60. The topological polar surface area (TPSA) is 64.2 Å². The number of nitrogens with zero attached hydrogens (tertiary/aromatic N) is 3. The Morgan fingerprint density at radius 3 is 2.86 bits per heavy atom. The fraction of sp³-hybridized carbons (Fsp3) is 0.556. The first-order valence-electron chi connectivity index (χ1n) is 4.68. The van der Waals surface area contributed by atoms with E-state index in [4.69, 9.17) is 5.73 Å². The maximum absolute atomic E-state index is 11.8. The number of rotatable bonds is 4. The lowest BCUT2D eigenvalue weighted by atomic mass is 10.3. The lowest BCUT2D eigenvalue weighted by molar-refractivity contribution is 0.0762. The summed E-state index contributed by atoms with van der Waals surface area (Å²) in [5, 5.41) is 4.05. The monoisotopic (exact) mass is 196 g/mol. The second-order valence-corrected chi connectivity index (χ2v) is 3.05. The molecule has 5 heteroatoms. The van der Waals surface area contributed by atoms with Crippen LogP contribution in [0.1, 0.15) is 17.4 Å². The highest BCUT2D eigenvalue weighted by atomic mass is 16.2. The minimum atomic E-state index is -0.0569. The predicted octanol–water partition coefficient (Wildman–Crippen LogP) is -0.159. The standard InChI is InChI=1S/C9H16N4O/c1-3-13(7-5-10)9(14)8-4-6-12(2)11-8/h4,6H,3,5,7,10H2,1-2H3. The Kier molecular flexibility index (Phi) is 3.64. The Morgan fingerprint density at radius 2 is 2.43 bits per heavy atom. The van der Waals surface area contributed by atoms with Crippen LogP contribution in [0.4, 0.5) is 0 Å². The van der Waals surface area contributed by atoms with E-state index in [1.165, 1.54) is 0 Å². The van der Waals surface area contributed by atoms with Gasteiger partial charge in [0.2, 0.25) is 0 Å². The quantitative estimate of drug-likeness (QED) is 0.727. The third-order valence-electron chi connectivity index (χ3n) is 2.00. The van der Waals surface area contributed by atoms with E-state index in [9.17, 15) is 4.79 Å². The maximum Gasteiger partial charge on any atom is 0.274 e. The fourth-order valence-corrected chi connectivity index (χ4v) is 1.25. The van der Waals surface area contributed by atoms with Gasteiger partial charge in [-0.05, 0) is 13.0 Å². The average molecular weight is 196 g/mol. The highest BCUT2D eigenvalue weighted by Crippen LogP contribution is 2.00. The number of aromatic nitrogens is 2. The van der Waals surface area contributed by atoms with Crippen LogP contribution in [-0.4, -0.2) is 40.2 Å². The van der Waals surface area contributed by atoms with Crippen LogP contribution >= 0.6 is 0 Å². The Balaban J connectivity index is 2.72. The summed E-state index contributed by atoms with van der Waals surface area (Å²) in [5.41, 5.74) is 5.88. The van der Waals surface area contributed by atoms with Gasteiger partial charge in [-0.2, -0.15) is 5.10 Å². The lowest BCUT2D eigenvalue weighted by Gasteiger charge is -2.18. The molecule has 0 aromatic carbocycles. The van der Waals surface area contributed by atoms with Crippen molar-refractivity contribution in [3.05, 3.63) is 18.0 Å². The van der Waals surface area contributed by atoms with Crippen molar-refractivity contribution in [2.45, 2.75) is 6.92 Å². The van der Waals surface area contributed by atoms with Crippen LogP contribution < -0.4 is 5.73 Å². The van der Waals surface area contributed by atoms with Gasteiger partial charge in [-0.15, -0.1) is 0 Å². The molecule has 2 N–H and O–H groups in total. The molecule has 0 fully saturated rings. The summed E-state index contributed by atoms with van der Waals surface area (Å²) < 4.78 is 1.61. The van der Waals surface area contributed by atoms with Crippen LogP contribution in [0.25, 0.3) is 0 Å². The Bertz CT molecular complexity index is 308. The Morgan fingerprint density at radius 1 is 1.71 bits per heavy atom. The Labute approximate surface area is 83.5 Å². The van der Waals surface area contributed by atoms with Gasteiger partial charge in [0.05, 0.1) is 0 Å². The normalized spacial score (nSPS) is 10.2. The summed E-state index contributed by atoms with van der Waals surface area (Å²) in [5.74, 6) is -0.0569. The van der Waals surface area contributed by atoms with Crippen molar-refractivity contribution in [1.82, 2.24) is 14.7 Å². The molecule has 0 spiro atoms. The zero-order valence-electron chi connectivity index (χ0n) is 8.60. The molecule has 1 aromatic heterocycles. The summed E-state index contributed by atoms with van der Waals surface area (Å²) in [4.78, 5) is 13.5. The molecule has 0 atom stereocenters. The van der Waals surface area contributed by atoms with Gasteiger partial charge in [-0.25, -0.2) is 0 Å². The van der Waals surface area contributed by atoms with Gasteiger partial charge in [0.15, 0.2) is 0 Å².